The van der Waals surface area contributed by atoms with Crippen LogP contribution in [0.25, 0.3) is 43.1 Å². The number of hydrogen-bond donors (Lipinski definition) is 0. The molecule has 4 aromatic rings. The monoisotopic (exact) mass is 1260 g/mol. The molecule has 510 valence electrons. The van der Waals surface area contributed by atoms with E-state index in [2.05, 4.69) is 150 Å². The molecule has 94 heavy (non-hydrogen) atoms. The molecule has 0 aliphatic heterocycles. The largest absolute Gasteiger partial charge is 0.0654 e. The van der Waals surface area contributed by atoms with E-state index in [4.69, 9.17) is 0 Å². The van der Waals surface area contributed by atoms with Crippen molar-refractivity contribution in [1.82, 2.24) is 0 Å². The molecule has 0 aromatic heterocycles. The van der Waals surface area contributed by atoms with E-state index < -0.39 is 0 Å². The minimum Gasteiger partial charge on any atom is -0.0654 e. The Kier molecular flexibility index (Phi) is 41.4. The summed E-state index contributed by atoms with van der Waals surface area (Å²) >= 11 is 0. The minimum atomic E-state index is 0.945. The highest BCUT2D eigenvalue weighted by Crippen LogP contribution is 2.29. The first-order valence-electron chi connectivity index (χ1n) is 40.7. The SMILES string of the molecule is CCCCCCCCCCc1cc2c#cc3cc(CCCCCCCCCC)c(CCCCCCCCCC)cc3c#cc3cc(CCCCCCCCCC)cc4c#cc5cc(CCCCCCCCCC)c(CCCCCCCCCC)cc5c#cc(c1)c2C#Cc34. The van der Waals surface area contributed by atoms with Crippen LogP contribution in [0.4, 0.5) is 0 Å². The quantitative estimate of drug-likeness (QED) is 0.0264. The third kappa shape index (κ3) is 30.8. The van der Waals surface area contributed by atoms with Crippen molar-refractivity contribution in [3.8, 4) is 11.8 Å². The summed E-state index contributed by atoms with van der Waals surface area (Å²) in [5.41, 5.74) is 10.5. The second-order valence-electron chi connectivity index (χ2n) is 29.1. The van der Waals surface area contributed by atoms with Gasteiger partial charge in [-0.1, -0.05) is 372 Å². The van der Waals surface area contributed by atoms with E-state index >= 15 is 0 Å². The van der Waals surface area contributed by atoms with E-state index in [-0.39, 0.29) is 0 Å². The molecule has 0 heterocycles. The van der Waals surface area contributed by atoms with E-state index in [9.17, 15) is 0 Å². The van der Waals surface area contributed by atoms with Crippen molar-refractivity contribution in [2.75, 3.05) is 0 Å². The van der Waals surface area contributed by atoms with Crippen LogP contribution >= 0.6 is 0 Å². The Morgan fingerprint density at radius 1 is 0.170 bits per heavy atom. The summed E-state index contributed by atoms with van der Waals surface area (Å²) in [4.78, 5) is 0. The highest BCUT2D eigenvalue weighted by Gasteiger charge is 2.12. The van der Waals surface area contributed by atoms with Gasteiger partial charge < -0.3 is 0 Å². The van der Waals surface area contributed by atoms with E-state index in [0.717, 1.165) is 92.7 Å². The zero-order valence-corrected chi connectivity index (χ0v) is 61.8. The highest BCUT2D eigenvalue weighted by molar-refractivity contribution is 5.88. The van der Waals surface area contributed by atoms with Crippen molar-refractivity contribution in [3.63, 3.8) is 0 Å². The molecule has 2 bridgehead atoms. The van der Waals surface area contributed by atoms with Crippen LogP contribution in [0, 0.1) is 60.4 Å². The van der Waals surface area contributed by atoms with Crippen molar-refractivity contribution in [2.45, 2.75) is 388 Å². The summed E-state index contributed by atoms with van der Waals surface area (Å²) in [5, 5.41) is 8.21. The Morgan fingerprint density at radius 2 is 0.330 bits per heavy atom. The fourth-order valence-electron chi connectivity index (χ4n) is 14.5. The smallest absolute Gasteiger partial charge is 0.0562 e. The number of fused-ring (bicyclic) bond motifs is 2. The van der Waals surface area contributed by atoms with Gasteiger partial charge in [-0.2, -0.15) is 0 Å². The summed E-state index contributed by atoms with van der Waals surface area (Å²) in [6, 6.07) is 50.6. The van der Waals surface area contributed by atoms with Crippen LogP contribution in [0.2, 0.25) is 0 Å². The van der Waals surface area contributed by atoms with E-state index in [1.807, 2.05) is 0 Å². The summed E-state index contributed by atoms with van der Waals surface area (Å²) in [5.74, 6) is 7.69. The van der Waals surface area contributed by atoms with Gasteiger partial charge >= 0.3 is 0 Å². The second-order valence-corrected chi connectivity index (χ2v) is 29.1. The Morgan fingerprint density at radius 3 is 0.521 bits per heavy atom. The Bertz CT molecular complexity index is 2700. The predicted octanol–water partition coefficient (Wildman–Crippen LogP) is 29.3. The van der Waals surface area contributed by atoms with Gasteiger partial charge in [-0.25, -0.2) is 0 Å². The second kappa shape index (κ2) is 50.1. The summed E-state index contributed by atoms with van der Waals surface area (Å²) in [6.45, 7) is 13.9. The molecule has 2 aliphatic carbocycles. The van der Waals surface area contributed by atoms with Crippen LogP contribution in [0.1, 0.15) is 394 Å². The van der Waals surface area contributed by atoms with E-state index in [0.29, 0.717) is 0 Å². The maximum atomic E-state index is 3.89. The lowest BCUT2D eigenvalue weighted by molar-refractivity contribution is 0.571. The molecule has 4 aromatic carbocycles. The lowest BCUT2D eigenvalue weighted by Gasteiger charge is -2.11. The molecule has 0 radical (unpaired) electrons. The van der Waals surface area contributed by atoms with Crippen molar-refractivity contribution >= 4 is 43.1 Å². The van der Waals surface area contributed by atoms with Crippen LogP contribution in [0.5, 0.6) is 0 Å². The predicted molar refractivity (Wildman–Crippen MR) is 415 cm³/mol. The van der Waals surface area contributed by atoms with Gasteiger partial charge in [0, 0.05) is 43.1 Å². The van der Waals surface area contributed by atoms with Gasteiger partial charge in [0.25, 0.3) is 0 Å². The number of hydrogen-bond acceptors (Lipinski definition) is 0. The maximum absolute atomic E-state index is 3.89. The Labute approximate surface area is 581 Å². The molecule has 0 nitrogen and oxygen atoms in total. The molecule has 2 aliphatic rings. The standard InChI is InChI=1S/C94H134/c1-7-13-19-25-31-37-43-49-55-79-71-89-65-61-85-75-81(57-51-45-39-33-27-21-15-9-3)83(59-53-47-41-35-29-23-17-11-5)77-87(85)63-67-91-73-80(56-50-44-38-32-26-20-14-8-2)74-92-68-64-88-78-84(60-54-48-42-36-30-24-18-12-6)82(58-52-46-40-34-28-22-16-10-4)76-86(88)62-66-90(72-79)93(89)69-70-94(91)92/h71-78H,7-60H2,1-6H3. The fraction of sp³-hybridized carbons (Fsp3) is 0.638. The lowest BCUT2D eigenvalue weighted by atomic mass is 9.93. The Balaban J connectivity index is 1.57. The third-order valence-electron chi connectivity index (χ3n) is 20.6. The van der Waals surface area contributed by atoms with Crippen molar-refractivity contribution < 1.29 is 0 Å². The summed E-state index contributed by atoms with van der Waals surface area (Å²) < 4.78 is 0. The van der Waals surface area contributed by atoms with Crippen LogP contribution < -0.4 is 0 Å². The maximum Gasteiger partial charge on any atom is 0.0562 e. The van der Waals surface area contributed by atoms with Crippen molar-refractivity contribution in [2.24, 2.45) is 0 Å². The molecular weight excluding hydrogens is 1130 g/mol. The zero-order valence-electron chi connectivity index (χ0n) is 61.8. The third-order valence-corrected chi connectivity index (χ3v) is 20.6. The molecule has 0 heteroatoms. The number of aryl methyl sites for hydroxylation is 6. The normalized spacial score (nSPS) is 11.3. The van der Waals surface area contributed by atoms with E-state index in [1.54, 1.807) is 0 Å². The molecule has 6 rings (SSSR count). The van der Waals surface area contributed by atoms with Gasteiger partial charge in [-0.3, -0.25) is 0 Å². The van der Waals surface area contributed by atoms with Crippen molar-refractivity contribution in [3.05, 3.63) is 142 Å². The number of unbranched alkanes of at least 4 members (excludes halogenated alkanes) is 42. The first-order chi connectivity index (χ1) is 46.5. The average molecular weight is 1260 g/mol. The number of benzene rings is 4. The minimum absolute atomic E-state index is 0.945. The molecule has 0 saturated heterocycles. The zero-order chi connectivity index (χ0) is 66.1. The first kappa shape index (κ1) is 77.7. The lowest BCUT2D eigenvalue weighted by Crippen LogP contribution is -1.96. The average Bonchev–Trinajstić information content (AvgIpc) is 0.877. The van der Waals surface area contributed by atoms with Crippen LogP contribution in [0.15, 0.2) is 48.5 Å². The molecule has 0 atom stereocenters. The molecule has 0 saturated carbocycles. The van der Waals surface area contributed by atoms with Gasteiger partial charge in [0.15, 0.2) is 0 Å². The van der Waals surface area contributed by atoms with Crippen LogP contribution in [0.3, 0.4) is 0 Å². The van der Waals surface area contributed by atoms with Gasteiger partial charge in [0.1, 0.15) is 0 Å². The molecule has 0 unspecified atom stereocenters. The van der Waals surface area contributed by atoms with Crippen LogP contribution in [-0.2, 0) is 38.5 Å². The molecule has 0 amide bonds. The first-order valence-corrected chi connectivity index (χ1v) is 40.7. The van der Waals surface area contributed by atoms with Crippen molar-refractivity contribution in [1.29, 1.82) is 0 Å². The van der Waals surface area contributed by atoms with E-state index in [1.165, 1.54) is 342 Å². The number of rotatable bonds is 54. The highest BCUT2D eigenvalue weighted by atomic mass is 14.2. The fourth-order valence-corrected chi connectivity index (χ4v) is 14.5. The van der Waals surface area contributed by atoms with Gasteiger partial charge in [-0.05, 0) is 159 Å². The summed E-state index contributed by atoms with van der Waals surface area (Å²) in [6.07, 6.45) is 69.7. The topological polar surface area (TPSA) is 0 Å². The Hall–Kier alpha value is -5.32. The molecule has 0 fully saturated rings. The van der Waals surface area contributed by atoms with Gasteiger partial charge in [0.05, 0.1) is 11.1 Å². The molecule has 0 spiro atoms. The summed E-state index contributed by atoms with van der Waals surface area (Å²) in [7, 11) is 0. The van der Waals surface area contributed by atoms with Crippen LogP contribution in [-0.4, -0.2) is 0 Å². The molecular formula is C94H134. The molecule has 0 N–H and O–H groups in total. The van der Waals surface area contributed by atoms with Gasteiger partial charge in [-0.15, -0.1) is 0 Å². The van der Waals surface area contributed by atoms with Gasteiger partial charge in [0.2, 0.25) is 0 Å².